The molecule has 0 aromatic heterocycles. The Balaban J connectivity index is 1.78. The molecule has 0 fully saturated rings. The highest BCUT2D eigenvalue weighted by Gasteiger charge is 2.23. The van der Waals surface area contributed by atoms with Gasteiger partial charge in [0, 0.05) is 11.3 Å². The average Bonchev–Trinajstić information content (AvgIpc) is 2.92. The van der Waals surface area contributed by atoms with E-state index in [0.29, 0.717) is 12.1 Å². The SMILES string of the molecule is COc1c(NC(=O)c2ccc(NC(=O)c3ccc(NC(=O)CNC=O)cc3)c(OC)c2O)ccc(C(=O)O)c1O. The van der Waals surface area contributed by atoms with Crippen LogP contribution in [0.2, 0.25) is 0 Å². The highest BCUT2D eigenvalue weighted by Crippen LogP contribution is 2.40. The number of carboxylic acid groups (broad SMARTS) is 1. The summed E-state index contributed by atoms with van der Waals surface area (Å²) >= 11 is 0. The number of aromatic carboxylic acids is 1. The monoisotopic (exact) mass is 552 g/mol. The van der Waals surface area contributed by atoms with Gasteiger partial charge in [0.05, 0.1) is 37.7 Å². The molecule has 0 bridgehead atoms. The third kappa shape index (κ3) is 6.36. The number of methoxy groups -OCH3 is 2. The second kappa shape index (κ2) is 12.6. The van der Waals surface area contributed by atoms with Crippen LogP contribution in [0.25, 0.3) is 0 Å². The topological polar surface area (TPSA) is 213 Å². The summed E-state index contributed by atoms with van der Waals surface area (Å²) < 4.78 is 10.2. The molecule has 40 heavy (non-hydrogen) atoms. The first-order chi connectivity index (χ1) is 19.1. The van der Waals surface area contributed by atoms with Crippen molar-refractivity contribution in [2.75, 3.05) is 36.7 Å². The first kappa shape index (κ1) is 28.8. The van der Waals surface area contributed by atoms with Gasteiger partial charge in [-0.1, -0.05) is 0 Å². The Bertz CT molecular complexity index is 1470. The van der Waals surface area contributed by atoms with Gasteiger partial charge in [-0.15, -0.1) is 0 Å². The van der Waals surface area contributed by atoms with Crippen LogP contribution in [0.1, 0.15) is 31.1 Å². The largest absolute Gasteiger partial charge is 0.504 e. The van der Waals surface area contributed by atoms with Crippen molar-refractivity contribution in [3.8, 4) is 23.0 Å². The Morgan fingerprint density at radius 3 is 1.80 bits per heavy atom. The van der Waals surface area contributed by atoms with Gasteiger partial charge in [0.1, 0.15) is 5.56 Å². The number of nitrogens with one attached hydrogen (secondary N) is 4. The molecule has 7 N–H and O–H groups in total. The van der Waals surface area contributed by atoms with Crippen LogP contribution in [0.4, 0.5) is 17.1 Å². The highest BCUT2D eigenvalue weighted by molar-refractivity contribution is 6.10. The average molecular weight is 552 g/mol. The number of phenolic OH excluding ortho intramolecular Hbond substituents is 1. The molecule has 0 unspecified atom stereocenters. The predicted molar refractivity (Wildman–Crippen MR) is 141 cm³/mol. The summed E-state index contributed by atoms with van der Waals surface area (Å²) in [5.41, 5.74) is -0.134. The molecule has 0 aliphatic carbocycles. The minimum Gasteiger partial charge on any atom is -0.504 e. The van der Waals surface area contributed by atoms with E-state index in [4.69, 9.17) is 14.6 Å². The zero-order valence-corrected chi connectivity index (χ0v) is 21.1. The third-order valence-corrected chi connectivity index (χ3v) is 5.42. The van der Waals surface area contributed by atoms with Gasteiger partial charge in [-0.3, -0.25) is 19.2 Å². The Morgan fingerprint density at radius 2 is 1.27 bits per heavy atom. The Kier molecular flexibility index (Phi) is 9.09. The highest BCUT2D eigenvalue weighted by atomic mass is 16.5. The van der Waals surface area contributed by atoms with Gasteiger partial charge in [0.25, 0.3) is 11.8 Å². The number of anilines is 3. The maximum absolute atomic E-state index is 12.9. The van der Waals surface area contributed by atoms with Crippen LogP contribution in [0.3, 0.4) is 0 Å². The lowest BCUT2D eigenvalue weighted by Crippen LogP contribution is -2.26. The number of amides is 4. The van der Waals surface area contributed by atoms with Crippen LogP contribution in [0.15, 0.2) is 48.5 Å². The second-order valence-electron chi connectivity index (χ2n) is 7.92. The van der Waals surface area contributed by atoms with Crippen molar-refractivity contribution < 1.29 is 48.8 Å². The fourth-order valence-electron chi connectivity index (χ4n) is 3.54. The van der Waals surface area contributed by atoms with Crippen molar-refractivity contribution >= 4 is 47.2 Å². The molecule has 0 radical (unpaired) electrons. The number of ether oxygens (including phenoxy) is 2. The molecule has 0 aliphatic rings. The van der Waals surface area contributed by atoms with Crippen molar-refractivity contribution in [1.29, 1.82) is 0 Å². The third-order valence-electron chi connectivity index (χ3n) is 5.42. The van der Waals surface area contributed by atoms with Crippen LogP contribution in [0.5, 0.6) is 23.0 Å². The van der Waals surface area contributed by atoms with Gasteiger partial charge < -0.3 is 46.1 Å². The van der Waals surface area contributed by atoms with Crippen LogP contribution in [-0.4, -0.2) is 66.2 Å². The maximum atomic E-state index is 12.9. The molecule has 0 heterocycles. The second-order valence-corrected chi connectivity index (χ2v) is 7.92. The van der Waals surface area contributed by atoms with Crippen LogP contribution < -0.4 is 30.7 Å². The molecule has 3 aromatic carbocycles. The summed E-state index contributed by atoms with van der Waals surface area (Å²) in [6.45, 7) is -0.212. The van der Waals surface area contributed by atoms with Gasteiger partial charge in [-0.05, 0) is 48.5 Å². The lowest BCUT2D eigenvalue weighted by atomic mass is 10.1. The lowest BCUT2D eigenvalue weighted by molar-refractivity contribution is -0.118. The summed E-state index contributed by atoms with van der Waals surface area (Å²) in [6.07, 6.45) is 0.391. The van der Waals surface area contributed by atoms with Gasteiger partial charge in [0.15, 0.2) is 23.0 Å². The standard InChI is InChI=1S/C26H24N4O10/c1-39-22-17(29-24(35)13-3-5-14(6-4-13)28-19(32)11-27-12-31)9-7-15(20(22)33)25(36)30-18-10-8-16(26(37)38)21(34)23(18)40-2/h3-10,12,33-34H,11H2,1-2H3,(H,27,31)(H,28,32)(H,29,35)(H,30,36)(H,37,38). The molecule has 3 rings (SSSR count). The fraction of sp³-hybridized carbons (Fsp3) is 0.115. The number of rotatable bonds is 11. The number of carbonyl (C=O) groups excluding carboxylic acids is 4. The summed E-state index contributed by atoms with van der Waals surface area (Å²) in [5, 5.41) is 39.8. The molecule has 0 aliphatic heterocycles. The Hall–Kier alpha value is -5.79. The van der Waals surface area contributed by atoms with E-state index in [1.54, 1.807) is 0 Å². The molecule has 14 nitrogen and oxygen atoms in total. The molecule has 0 saturated heterocycles. The zero-order valence-electron chi connectivity index (χ0n) is 21.1. The van der Waals surface area contributed by atoms with Crippen LogP contribution in [-0.2, 0) is 9.59 Å². The van der Waals surface area contributed by atoms with E-state index >= 15 is 0 Å². The first-order valence-corrected chi connectivity index (χ1v) is 11.3. The summed E-state index contributed by atoms with van der Waals surface area (Å²) in [6, 6.07) is 10.6. The van der Waals surface area contributed by atoms with E-state index in [-0.39, 0.29) is 40.5 Å². The Morgan fingerprint density at radius 1 is 0.750 bits per heavy atom. The number of carboxylic acids is 1. The predicted octanol–water partition coefficient (Wildman–Crippen LogP) is 2.00. The minimum absolute atomic E-state index is 0.0416. The first-order valence-electron chi connectivity index (χ1n) is 11.3. The van der Waals surface area contributed by atoms with Crippen molar-refractivity contribution in [1.82, 2.24) is 5.32 Å². The van der Waals surface area contributed by atoms with E-state index < -0.39 is 40.8 Å². The minimum atomic E-state index is -1.40. The van der Waals surface area contributed by atoms with E-state index in [0.717, 1.165) is 6.07 Å². The molecular weight excluding hydrogens is 528 g/mol. The molecule has 14 heteroatoms. The van der Waals surface area contributed by atoms with E-state index in [1.807, 2.05) is 0 Å². The number of carbonyl (C=O) groups is 5. The van der Waals surface area contributed by atoms with Crippen molar-refractivity contribution in [3.63, 3.8) is 0 Å². The number of phenols is 2. The molecule has 4 amide bonds. The van der Waals surface area contributed by atoms with Gasteiger partial charge in [-0.25, -0.2) is 4.79 Å². The molecule has 0 saturated carbocycles. The summed E-state index contributed by atoms with van der Waals surface area (Å²) in [4.78, 5) is 58.9. The van der Waals surface area contributed by atoms with E-state index in [9.17, 15) is 34.2 Å². The van der Waals surface area contributed by atoms with E-state index in [2.05, 4.69) is 21.3 Å². The lowest BCUT2D eigenvalue weighted by Gasteiger charge is -2.16. The van der Waals surface area contributed by atoms with Crippen molar-refractivity contribution in [3.05, 3.63) is 65.2 Å². The summed E-state index contributed by atoms with van der Waals surface area (Å²) in [7, 11) is 2.39. The van der Waals surface area contributed by atoms with Crippen LogP contribution in [0, 0.1) is 0 Å². The van der Waals surface area contributed by atoms with Gasteiger partial charge in [-0.2, -0.15) is 0 Å². The molecular formula is C26H24N4O10. The fourth-order valence-corrected chi connectivity index (χ4v) is 3.54. The molecule has 0 spiro atoms. The number of hydrogen-bond acceptors (Lipinski definition) is 9. The maximum Gasteiger partial charge on any atom is 0.339 e. The quantitative estimate of drug-likeness (QED) is 0.172. The van der Waals surface area contributed by atoms with E-state index in [1.165, 1.54) is 56.7 Å². The number of benzene rings is 3. The summed E-state index contributed by atoms with van der Waals surface area (Å²) in [5.74, 6) is -5.12. The Labute approximate surface area is 226 Å². The molecule has 0 atom stereocenters. The zero-order chi connectivity index (χ0) is 29.4. The molecule has 208 valence electrons. The van der Waals surface area contributed by atoms with Crippen molar-refractivity contribution in [2.24, 2.45) is 0 Å². The smallest absolute Gasteiger partial charge is 0.339 e. The number of aromatic hydroxyl groups is 2. The van der Waals surface area contributed by atoms with Crippen LogP contribution >= 0.6 is 0 Å². The van der Waals surface area contributed by atoms with Crippen molar-refractivity contribution in [2.45, 2.75) is 0 Å². The normalized spacial score (nSPS) is 10.2. The number of hydrogen-bond donors (Lipinski definition) is 7. The molecule has 3 aromatic rings. The van der Waals surface area contributed by atoms with Gasteiger partial charge in [0.2, 0.25) is 12.3 Å². The van der Waals surface area contributed by atoms with Gasteiger partial charge >= 0.3 is 5.97 Å².